The first-order valence-corrected chi connectivity index (χ1v) is 7.40. The van der Waals surface area contributed by atoms with Crippen LogP contribution in [-0.2, 0) is 10.0 Å². The predicted octanol–water partition coefficient (Wildman–Crippen LogP) is 1.99. The molecule has 0 spiro atoms. The van der Waals surface area contributed by atoms with Gasteiger partial charge in [0.15, 0.2) is 0 Å². The van der Waals surface area contributed by atoms with Crippen LogP contribution in [0.5, 0.6) is 11.6 Å². The van der Waals surface area contributed by atoms with Crippen LogP contribution in [0.3, 0.4) is 0 Å². The normalized spacial score (nSPS) is 11.1. The number of nitrogens with one attached hydrogen (secondary N) is 1. The minimum atomic E-state index is -3.70. The second kappa shape index (κ2) is 5.79. The minimum Gasteiger partial charge on any atom is -0.508 e. The van der Waals surface area contributed by atoms with Gasteiger partial charge >= 0.3 is 0 Å². The zero-order valence-electron chi connectivity index (χ0n) is 10.8. The van der Waals surface area contributed by atoms with Crippen LogP contribution in [-0.4, -0.2) is 25.1 Å². The molecule has 0 radical (unpaired) electrons. The van der Waals surface area contributed by atoms with Crippen molar-refractivity contribution in [1.82, 2.24) is 4.98 Å². The first-order chi connectivity index (χ1) is 9.51. The molecule has 0 aliphatic carbocycles. The molecule has 1 heterocycles. The SMILES string of the molecule is CCOc1ccc(NS(=O)(=O)c2ccc(O)cc2)cn1. The van der Waals surface area contributed by atoms with E-state index in [1.807, 2.05) is 6.92 Å². The Hall–Kier alpha value is -2.28. The van der Waals surface area contributed by atoms with E-state index in [9.17, 15) is 8.42 Å². The molecule has 0 saturated carbocycles. The van der Waals surface area contributed by atoms with E-state index < -0.39 is 10.0 Å². The van der Waals surface area contributed by atoms with Crippen LogP contribution in [0.1, 0.15) is 6.92 Å². The molecule has 0 unspecified atom stereocenters. The number of sulfonamides is 1. The summed E-state index contributed by atoms with van der Waals surface area (Å²) in [5, 5.41) is 9.15. The number of phenols is 1. The van der Waals surface area contributed by atoms with Gasteiger partial charge in [-0.3, -0.25) is 4.72 Å². The molecular formula is C13H14N2O4S. The lowest BCUT2D eigenvalue weighted by Crippen LogP contribution is -2.13. The number of anilines is 1. The highest BCUT2D eigenvalue weighted by Crippen LogP contribution is 2.19. The van der Waals surface area contributed by atoms with Crippen molar-refractivity contribution < 1.29 is 18.3 Å². The molecule has 2 rings (SSSR count). The topological polar surface area (TPSA) is 88.5 Å². The van der Waals surface area contributed by atoms with Crippen LogP contribution in [0.4, 0.5) is 5.69 Å². The number of phenolic OH excluding ortho intramolecular Hbond substituents is 1. The van der Waals surface area contributed by atoms with Crippen molar-refractivity contribution in [3.8, 4) is 11.6 Å². The number of nitrogens with zero attached hydrogens (tertiary/aromatic N) is 1. The Bertz CT molecular complexity index is 667. The van der Waals surface area contributed by atoms with Gasteiger partial charge in [-0.2, -0.15) is 0 Å². The van der Waals surface area contributed by atoms with Crippen LogP contribution < -0.4 is 9.46 Å². The van der Waals surface area contributed by atoms with Crippen LogP contribution in [0.25, 0.3) is 0 Å². The van der Waals surface area contributed by atoms with Gasteiger partial charge in [0.2, 0.25) is 5.88 Å². The molecule has 0 amide bonds. The molecule has 1 aromatic heterocycles. The number of aromatic nitrogens is 1. The summed E-state index contributed by atoms with van der Waals surface area (Å²) in [4.78, 5) is 4.03. The Morgan fingerprint density at radius 2 is 1.90 bits per heavy atom. The van der Waals surface area contributed by atoms with E-state index in [0.29, 0.717) is 18.2 Å². The molecule has 0 atom stereocenters. The summed E-state index contributed by atoms with van der Waals surface area (Å²) < 4.78 is 31.7. The minimum absolute atomic E-state index is 0.00619. The van der Waals surface area contributed by atoms with E-state index in [-0.39, 0.29) is 10.6 Å². The van der Waals surface area contributed by atoms with Gasteiger partial charge in [0.05, 0.1) is 23.4 Å². The Labute approximate surface area is 117 Å². The van der Waals surface area contributed by atoms with Gasteiger partial charge in [0, 0.05) is 6.07 Å². The second-order valence-electron chi connectivity index (χ2n) is 3.92. The highest BCUT2D eigenvalue weighted by Gasteiger charge is 2.14. The van der Waals surface area contributed by atoms with Crippen LogP contribution in [0, 0.1) is 0 Å². The number of hydrogen-bond donors (Lipinski definition) is 2. The molecule has 7 heteroatoms. The van der Waals surface area contributed by atoms with Crippen LogP contribution in [0.15, 0.2) is 47.5 Å². The number of hydrogen-bond acceptors (Lipinski definition) is 5. The average molecular weight is 294 g/mol. The molecule has 0 aliphatic rings. The van der Waals surface area contributed by atoms with Crippen molar-refractivity contribution in [3.63, 3.8) is 0 Å². The van der Waals surface area contributed by atoms with Crippen LogP contribution in [0.2, 0.25) is 0 Å². The summed E-state index contributed by atoms with van der Waals surface area (Å²) in [6.07, 6.45) is 1.38. The summed E-state index contributed by atoms with van der Waals surface area (Å²) in [5.74, 6) is 0.437. The molecule has 6 nitrogen and oxygen atoms in total. The first kappa shape index (κ1) is 14.1. The lowest BCUT2D eigenvalue weighted by Gasteiger charge is -2.08. The quantitative estimate of drug-likeness (QED) is 0.880. The number of aromatic hydroxyl groups is 1. The molecule has 0 bridgehead atoms. The Morgan fingerprint density at radius 1 is 1.20 bits per heavy atom. The van der Waals surface area contributed by atoms with E-state index in [1.165, 1.54) is 30.5 Å². The van der Waals surface area contributed by atoms with Gasteiger partial charge in [-0.15, -0.1) is 0 Å². The summed E-state index contributed by atoms with van der Waals surface area (Å²) >= 11 is 0. The molecule has 2 aromatic rings. The molecular weight excluding hydrogens is 280 g/mol. The third kappa shape index (κ3) is 3.39. The smallest absolute Gasteiger partial charge is 0.261 e. The van der Waals surface area contributed by atoms with E-state index in [4.69, 9.17) is 9.84 Å². The fourth-order valence-corrected chi connectivity index (χ4v) is 2.56. The van der Waals surface area contributed by atoms with Gasteiger partial charge in [-0.05, 0) is 37.3 Å². The van der Waals surface area contributed by atoms with E-state index >= 15 is 0 Å². The van der Waals surface area contributed by atoms with Gasteiger partial charge in [0.25, 0.3) is 10.0 Å². The molecule has 1 aromatic carbocycles. The van der Waals surface area contributed by atoms with Gasteiger partial charge < -0.3 is 9.84 Å². The average Bonchev–Trinajstić information content (AvgIpc) is 2.41. The molecule has 106 valence electrons. The van der Waals surface area contributed by atoms with Crippen molar-refractivity contribution in [1.29, 1.82) is 0 Å². The van der Waals surface area contributed by atoms with Gasteiger partial charge in [-0.25, -0.2) is 13.4 Å². The molecule has 20 heavy (non-hydrogen) atoms. The summed E-state index contributed by atoms with van der Waals surface area (Å²) in [6.45, 7) is 2.33. The maximum absolute atomic E-state index is 12.1. The third-order valence-corrected chi connectivity index (χ3v) is 3.83. The van der Waals surface area contributed by atoms with Crippen molar-refractivity contribution >= 4 is 15.7 Å². The van der Waals surface area contributed by atoms with Gasteiger partial charge in [0.1, 0.15) is 5.75 Å². The lowest BCUT2D eigenvalue weighted by molar-refractivity contribution is 0.327. The molecule has 0 saturated heterocycles. The molecule has 0 aliphatic heterocycles. The zero-order chi connectivity index (χ0) is 14.6. The van der Waals surface area contributed by atoms with Crippen molar-refractivity contribution in [2.45, 2.75) is 11.8 Å². The Kier molecular flexibility index (Phi) is 4.09. The van der Waals surface area contributed by atoms with E-state index in [1.54, 1.807) is 12.1 Å². The molecule has 2 N–H and O–H groups in total. The number of pyridine rings is 1. The van der Waals surface area contributed by atoms with E-state index in [0.717, 1.165) is 0 Å². The monoisotopic (exact) mass is 294 g/mol. The Balaban J connectivity index is 2.17. The predicted molar refractivity (Wildman–Crippen MR) is 74.3 cm³/mol. The highest BCUT2D eigenvalue weighted by molar-refractivity contribution is 7.92. The highest BCUT2D eigenvalue weighted by atomic mass is 32.2. The van der Waals surface area contributed by atoms with Crippen molar-refractivity contribution in [2.24, 2.45) is 0 Å². The zero-order valence-corrected chi connectivity index (χ0v) is 11.6. The summed E-state index contributed by atoms with van der Waals surface area (Å²) in [7, 11) is -3.70. The van der Waals surface area contributed by atoms with Crippen LogP contribution >= 0.6 is 0 Å². The lowest BCUT2D eigenvalue weighted by atomic mass is 10.3. The van der Waals surface area contributed by atoms with Crippen molar-refractivity contribution in [3.05, 3.63) is 42.6 Å². The third-order valence-electron chi connectivity index (χ3n) is 2.43. The molecule has 0 fully saturated rings. The maximum Gasteiger partial charge on any atom is 0.261 e. The van der Waals surface area contributed by atoms with E-state index in [2.05, 4.69) is 9.71 Å². The van der Waals surface area contributed by atoms with Gasteiger partial charge in [-0.1, -0.05) is 0 Å². The largest absolute Gasteiger partial charge is 0.508 e. The summed E-state index contributed by atoms with van der Waals surface area (Å²) in [6, 6.07) is 8.41. The summed E-state index contributed by atoms with van der Waals surface area (Å²) in [5.41, 5.74) is 0.335. The number of benzene rings is 1. The first-order valence-electron chi connectivity index (χ1n) is 5.92. The second-order valence-corrected chi connectivity index (χ2v) is 5.60. The van der Waals surface area contributed by atoms with Crippen molar-refractivity contribution in [2.75, 3.05) is 11.3 Å². The number of ether oxygens (including phenoxy) is 1. The fraction of sp³-hybridized carbons (Fsp3) is 0.154. The fourth-order valence-electron chi connectivity index (χ4n) is 1.51. The maximum atomic E-state index is 12.1. The number of rotatable bonds is 5. The standard InChI is InChI=1S/C13H14N2O4S/c1-2-19-13-8-3-10(9-14-13)15-20(17,18)12-6-4-11(16)5-7-12/h3-9,15-16H,2H2,1H3. The Morgan fingerprint density at radius 3 is 2.45 bits per heavy atom.